The molecule has 3 aliphatic rings. The van der Waals surface area contributed by atoms with Crippen LogP contribution in [-0.2, 0) is 41.6 Å². The van der Waals surface area contributed by atoms with Crippen LogP contribution in [0.3, 0.4) is 0 Å². The van der Waals surface area contributed by atoms with E-state index in [4.69, 9.17) is 9.47 Å². The predicted octanol–water partition coefficient (Wildman–Crippen LogP) is 4.26. The molecule has 6 aromatic rings. The summed E-state index contributed by atoms with van der Waals surface area (Å²) in [5, 5.41) is 12.9. The molecule has 60 heavy (non-hydrogen) atoms. The number of nitrogens with one attached hydrogen (secondary N) is 1. The number of phenolic OH excluding ortho intramolecular Hbond substituents is 1. The summed E-state index contributed by atoms with van der Waals surface area (Å²) in [4.78, 5) is 77.2. The van der Waals surface area contributed by atoms with Gasteiger partial charge in [0.1, 0.15) is 11.4 Å². The van der Waals surface area contributed by atoms with Crippen LogP contribution in [0.4, 0.5) is 5.69 Å². The first-order valence-electron chi connectivity index (χ1n) is 19.7. The Morgan fingerprint density at radius 3 is 2.32 bits per heavy atom. The number of ether oxygens (including phenoxy) is 2. The maximum Gasteiger partial charge on any atom is 0.347 e. The molecule has 0 bridgehead atoms. The number of rotatable bonds is 9. The zero-order valence-electron chi connectivity index (χ0n) is 33.7. The van der Waals surface area contributed by atoms with Gasteiger partial charge in [0.15, 0.2) is 11.5 Å². The number of methoxy groups -OCH3 is 2. The van der Waals surface area contributed by atoms with Crippen molar-refractivity contribution in [3.8, 4) is 17.2 Å². The van der Waals surface area contributed by atoms with Gasteiger partial charge in [-0.3, -0.25) is 19.8 Å². The number of imide groups is 1. The van der Waals surface area contributed by atoms with Gasteiger partial charge in [-0.25, -0.2) is 28.5 Å². The molecule has 4 aromatic carbocycles. The Morgan fingerprint density at radius 2 is 1.60 bits per heavy atom. The molecule has 1 saturated carbocycles. The molecule has 0 spiro atoms. The van der Waals surface area contributed by atoms with Crippen LogP contribution in [0.15, 0.2) is 111 Å². The number of hydrogen-bond acceptors (Lipinski definition) is 10. The van der Waals surface area contributed by atoms with Crippen LogP contribution in [0, 0.1) is 19.8 Å². The predicted molar refractivity (Wildman–Crippen MR) is 222 cm³/mol. The van der Waals surface area contributed by atoms with Crippen LogP contribution >= 0.6 is 0 Å². The number of para-hydroxylation sites is 1. The summed E-state index contributed by atoms with van der Waals surface area (Å²) in [5.74, 6) is -2.12. The standard InChI is InChI=1S/C45H43N7O8/c1-25-14-16-28(17-15-25)47-51-40(54)31-22-34-29(38(30-13-9-10-26(2)39(30)53)45(31,42(51)56)27-11-7-6-8-12-27)18-21-50-43(57)49(44(58)52(34)50)20-19-32-41(55)48(3)35-24-37(60-5)36(59-4)23-33(35)46-32/h6-18,23-24,31,34,38,47,53H,19-22H2,1-5H3/t31-,34+,38+,45+/m0/s1. The highest BCUT2D eigenvalue weighted by Gasteiger charge is 2.69. The second-order valence-electron chi connectivity index (χ2n) is 15.7. The molecule has 2 aliphatic heterocycles. The normalized spacial score (nSPS) is 20.7. The van der Waals surface area contributed by atoms with E-state index in [0.29, 0.717) is 50.5 Å². The fourth-order valence-corrected chi connectivity index (χ4v) is 9.60. The van der Waals surface area contributed by atoms with Gasteiger partial charge >= 0.3 is 11.4 Å². The summed E-state index contributed by atoms with van der Waals surface area (Å²) in [6.07, 6.45) is 1.81. The Morgan fingerprint density at radius 1 is 0.883 bits per heavy atom. The molecule has 0 radical (unpaired) electrons. The third-order valence-electron chi connectivity index (χ3n) is 12.5. The van der Waals surface area contributed by atoms with Crippen LogP contribution in [-0.4, -0.2) is 59.6 Å². The number of fused-ring (bicyclic) bond motifs is 5. The molecule has 15 nitrogen and oxygen atoms in total. The van der Waals surface area contributed by atoms with E-state index < -0.39 is 52.0 Å². The van der Waals surface area contributed by atoms with Crippen molar-refractivity contribution in [3.63, 3.8) is 0 Å². The van der Waals surface area contributed by atoms with Crippen molar-refractivity contribution in [2.75, 3.05) is 19.6 Å². The quantitative estimate of drug-likeness (QED) is 0.159. The lowest BCUT2D eigenvalue weighted by molar-refractivity contribution is -0.138. The molecule has 15 heteroatoms. The molecule has 4 atom stereocenters. The summed E-state index contributed by atoms with van der Waals surface area (Å²) in [7, 11) is 4.61. The van der Waals surface area contributed by atoms with E-state index in [9.17, 15) is 24.3 Å². The van der Waals surface area contributed by atoms with Gasteiger partial charge in [0, 0.05) is 43.6 Å². The second kappa shape index (κ2) is 14.3. The molecule has 1 saturated heterocycles. The molecule has 4 heterocycles. The summed E-state index contributed by atoms with van der Waals surface area (Å²) in [5.41, 5.74) is 4.79. The van der Waals surface area contributed by atoms with E-state index >= 15 is 4.79 Å². The number of hydrogen-bond donors (Lipinski definition) is 2. The van der Waals surface area contributed by atoms with Crippen molar-refractivity contribution >= 4 is 28.5 Å². The average Bonchev–Trinajstić information content (AvgIpc) is 3.63. The number of carbonyl (C=O) groups is 2. The Bertz CT molecular complexity index is 2960. The summed E-state index contributed by atoms with van der Waals surface area (Å²) in [6.45, 7) is 3.53. The molecule has 1 aliphatic carbocycles. The van der Waals surface area contributed by atoms with Gasteiger partial charge in [-0.2, -0.15) is 5.01 Å². The summed E-state index contributed by atoms with van der Waals surface area (Å²) in [6, 6.07) is 24.2. The average molecular weight is 810 g/mol. The highest BCUT2D eigenvalue weighted by Crippen LogP contribution is 2.62. The molecule has 2 fully saturated rings. The largest absolute Gasteiger partial charge is 0.507 e. The van der Waals surface area contributed by atoms with E-state index in [1.54, 1.807) is 56.4 Å². The fraction of sp³-hybridized carbons (Fsp3) is 0.289. The molecule has 2 aromatic heterocycles. The number of amides is 2. The third-order valence-corrected chi connectivity index (χ3v) is 12.5. The number of nitrogens with zero attached hydrogens (tertiary/aromatic N) is 6. The van der Waals surface area contributed by atoms with E-state index in [1.807, 2.05) is 55.5 Å². The Balaban J connectivity index is 1.17. The smallest absolute Gasteiger partial charge is 0.347 e. The van der Waals surface area contributed by atoms with Gasteiger partial charge < -0.3 is 19.1 Å². The zero-order chi connectivity index (χ0) is 42.2. The van der Waals surface area contributed by atoms with Crippen molar-refractivity contribution in [1.29, 1.82) is 0 Å². The van der Waals surface area contributed by atoms with Gasteiger partial charge in [0.2, 0.25) is 0 Å². The Hall–Kier alpha value is -7.16. The SMILES string of the molecule is COc1cc2nc(CCn3c(=O)n4n(c3=O)[C@@H]3C[C@H]5C(=O)N(Nc6ccc(C)cc6)C(=O)[C@@]5(c5ccccc5)[C@@H](c5cccc(C)c5O)C3=CC4)c(=O)n(C)c2cc1OC. The summed E-state index contributed by atoms with van der Waals surface area (Å²) >= 11 is 0. The van der Waals surface area contributed by atoms with Crippen molar-refractivity contribution in [3.05, 3.63) is 156 Å². The maximum atomic E-state index is 15.3. The van der Waals surface area contributed by atoms with Crippen molar-refractivity contribution < 1.29 is 24.2 Å². The Kier molecular flexibility index (Phi) is 9.14. The Labute approximate surface area is 343 Å². The van der Waals surface area contributed by atoms with Crippen molar-refractivity contribution in [1.82, 2.24) is 28.5 Å². The van der Waals surface area contributed by atoms with Crippen molar-refractivity contribution in [2.24, 2.45) is 13.0 Å². The number of aromatic nitrogens is 5. The fourth-order valence-electron chi connectivity index (χ4n) is 9.60. The minimum Gasteiger partial charge on any atom is -0.507 e. The first kappa shape index (κ1) is 38.4. The van der Waals surface area contributed by atoms with Gasteiger partial charge in [-0.15, -0.1) is 0 Å². The lowest BCUT2D eigenvalue weighted by atomic mass is 9.53. The number of allylic oxidation sites excluding steroid dienone is 2. The first-order chi connectivity index (χ1) is 28.9. The number of carbonyl (C=O) groups excluding carboxylic acids is 2. The molecule has 0 unspecified atom stereocenters. The van der Waals surface area contributed by atoms with Crippen LogP contribution in [0.1, 0.15) is 46.3 Å². The van der Waals surface area contributed by atoms with Crippen LogP contribution < -0.4 is 31.8 Å². The molecular weight excluding hydrogens is 767 g/mol. The minimum atomic E-state index is -1.55. The molecular formula is C45H43N7O8. The van der Waals surface area contributed by atoms with Gasteiger partial charge in [0.05, 0.1) is 54.9 Å². The molecule has 2 amide bonds. The van der Waals surface area contributed by atoms with E-state index in [0.717, 1.165) is 15.1 Å². The van der Waals surface area contributed by atoms with Gasteiger partial charge in [-0.05, 0) is 49.1 Å². The number of hydrazine groups is 1. The van der Waals surface area contributed by atoms with Crippen molar-refractivity contribution in [2.45, 2.75) is 57.2 Å². The topological polar surface area (TPSA) is 172 Å². The van der Waals surface area contributed by atoms with Gasteiger partial charge in [0.25, 0.3) is 17.4 Å². The number of benzene rings is 4. The van der Waals surface area contributed by atoms with Crippen LogP contribution in [0.25, 0.3) is 11.0 Å². The minimum absolute atomic E-state index is 0.00187. The van der Waals surface area contributed by atoms with Crippen LogP contribution in [0.2, 0.25) is 0 Å². The van der Waals surface area contributed by atoms with E-state index in [-0.39, 0.29) is 37.4 Å². The molecule has 2 N–H and O–H groups in total. The molecule has 9 rings (SSSR count). The number of phenols is 1. The highest BCUT2D eigenvalue weighted by molar-refractivity contribution is 6.12. The lowest BCUT2D eigenvalue weighted by Gasteiger charge is -2.49. The van der Waals surface area contributed by atoms with E-state index in [1.165, 1.54) is 28.2 Å². The number of aryl methyl sites for hydroxylation is 4. The van der Waals surface area contributed by atoms with E-state index in [2.05, 4.69) is 10.4 Å². The first-order valence-corrected chi connectivity index (χ1v) is 19.7. The second-order valence-corrected chi connectivity index (χ2v) is 15.7. The van der Waals surface area contributed by atoms with Gasteiger partial charge in [-0.1, -0.05) is 72.3 Å². The molecule has 306 valence electrons. The highest BCUT2D eigenvalue weighted by atomic mass is 16.5. The monoisotopic (exact) mass is 809 g/mol. The zero-order valence-corrected chi connectivity index (χ0v) is 33.7. The maximum absolute atomic E-state index is 15.3. The summed E-state index contributed by atoms with van der Waals surface area (Å²) < 4.78 is 16.1. The third kappa shape index (κ3) is 5.55. The number of aromatic hydroxyl groups is 1. The van der Waals surface area contributed by atoms with Crippen LogP contribution in [0.5, 0.6) is 17.2 Å². The number of anilines is 1. The lowest BCUT2D eigenvalue weighted by Crippen LogP contribution is -2.53.